The van der Waals surface area contributed by atoms with Crippen molar-refractivity contribution in [2.45, 2.75) is 45.3 Å². The van der Waals surface area contributed by atoms with Crippen LogP contribution >= 0.6 is 0 Å². The molecule has 3 unspecified atom stereocenters. The molecule has 16 heavy (non-hydrogen) atoms. The van der Waals surface area contributed by atoms with E-state index in [1.165, 1.54) is 0 Å². The molecule has 3 atom stereocenters. The maximum atomic E-state index is 5.90. The summed E-state index contributed by atoms with van der Waals surface area (Å²) in [6, 6.07) is -0.297. The van der Waals surface area contributed by atoms with E-state index in [1.54, 1.807) is 0 Å². The molecule has 5 nitrogen and oxygen atoms in total. The molecule has 2 N–H and O–H groups in total. The van der Waals surface area contributed by atoms with Gasteiger partial charge in [-0.15, -0.1) is 0 Å². The summed E-state index contributed by atoms with van der Waals surface area (Å²) in [7, 11) is 0. The van der Waals surface area contributed by atoms with Gasteiger partial charge in [0.25, 0.3) is 0 Å². The maximum absolute atomic E-state index is 5.90. The van der Waals surface area contributed by atoms with E-state index in [0.29, 0.717) is 24.3 Å². The third-order valence-corrected chi connectivity index (χ3v) is 2.82. The van der Waals surface area contributed by atoms with Gasteiger partial charge in [0.2, 0.25) is 5.89 Å². The van der Waals surface area contributed by atoms with E-state index in [2.05, 4.69) is 17.1 Å². The molecular weight excluding hydrogens is 206 g/mol. The Morgan fingerprint density at radius 2 is 2.25 bits per heavy atom. The molecule has 1 saturated carbocycles. The monoisotopic (exact) mass is 225 g/mol. The number of rotatable bonds is 5. The molecular formula is C11H19N3O2. The van der Waals surface area contributed by atoms with Gasteiger partial charge in [-0.05, 0) is 26.2 Å². The van der Waals surface area contributed by atoms with Gasteiger partial charge in [0.15, 0.2) is 5.82 Å². The van der Waals surface area contributed by atoms with Crippen LogP contribution in [0.3, 0.4) is 0 Å². The highest BCUT2D eigenvalue weighted by molar-refractivity contribution is 5.07. The Kier molecular flexibility index (Phi) is 3.25. The molecule has 5 heteroatoms. The van der Waals surface area contributed by atoms with Crippen LogP contribution in [0.5, 0.6) is 0 Å². The predicted octanol–water partition coefficient (Wildman–Crippen LogP) is 1.62. The lowest BCUT2D eigenvalue weighted by Gasteiger charge is -2.10. The second-order valence-corrected chi connectivity index (χ2v) is 4.80. The Bertz CT molecular complexity index is 351. The van der Waals surface area contributed by atoms with E-state index >= 15 is 0 Å². The lowest BCUT2D eigenvalue weighted by Crippen LogP contribution is -2.20. The molecule has 1 aliphatic carbocycles. The summed E-state index contributed by atoms with van der Waals surface area (Å²) in [6.07, 6.45) is 1.31. The van der Waals surface area contributed by atoms with Gasteiger partial charge in [-0.2, -0.15) is 4.98 Å². The average Bonchev–Trinajstić information content (AvgIpc) is 2.80. The Morgan fingerprint density at radius 1 is 1.56 bits per heavy atom. The van der Waals surface area contributed by atoms with Gasteiger partial charge in [0.1, 0.15) is 0 Å². The number of nitrogens with two attached hydrogens (primary N) is 1. The highest BCUT2D eigenvalue weighted by Crippen LogP contribution is 2.46. The first-order valence-corrected chi connectivity index (χ1v) is 5.78. The quantitative estimate of drug-likeness (QED) is 0.824. The molecule has 1 aromatic heterocycles. The van der Waals surface area contributed by atoms with Gasteiger partial charge < -0.3 is 15.0 Å². The van der Waals surface area contributed by atoms with Crippen LogP contribution in [0, 0.1) is 5.92 Å². The van der Waals surface area contributed by atoms with E-state index < -0.39 is 0 Å². The molecule has 2 rings (SSSR count). The standard InChI is InChI=1S/C11H19N3O2/c1-6(2)15-5-9(12)10-13-11(16-14-10)8-4-7(8)3/h6-9H,4-5,12H2,1-3H3. The van der Waals surface area contributed by atoms with Crippen LogP contribution in [0.1, 0.15) is 50.9 Å². The topological polar surface area (TPSA) is 74.2 Å². The van der Waals surface area contributed by atoms with Crippen molar-refractivity contribution in [2.75, 3.05) is 6.61 Å². The van der Waals surface area contributed by atoms with Gasteiger partial charge in [-0.25, -0.2) is 0 Å². The van der Waals surface area contributed by atoms with Crippen molar-refractivity contribution in [1.29, 1.82) is 0 Å². The van der Waals surface area contributed by atoms with E-state index in [9.17, 15) is 0 Å². The summed E-state index contributed by atoms with van der Waals surface area (Å²) in [4.78, 5) is 4.32. The number of aromatic nitrogens is 2. The normalized spacial score (nSPS) is 26.1. The fraction of sp³-hybridized carbons (Fsp3) is 0.818. The first kappa shape index (κ1) is 11.5. The summed E-state index contributed by atoms with van der Waals surface area (Å²) in [6.45, 7) is 6.55. The lowest BCUT2D eigenvalue weighted by molar-refractivity contribution is 0.0665. The summed E-state index contributed by atoms with van der Waals surface area (Å²) in [5.41, 5.74) is 5.90. The summed E-state index contributed by atoms with van der Waals surface area (Å²) in [5, 5.41) is 3.90. The number of hydrogen-bond acceptors (Lipinski definition) is 5. The zero-order chi connectivity index (χ0) is 11.7. The fourth-order valence-corrected chi connectivity index (χ4v) is 1.59. The minimum Gasteiger partial charge on any atom is -0.377 e. The minimum atomic E-state index is -0.297. The smallest absolute Gasteiger partial charge is 0.230 e. The highest BCUT2D eigenvalue weighted by atomic mass is 16.5. The van der Waals surface area contributed by atoms with Gasteiger partial charge in [0, 0.05) is 5.92 Å². The van der Waals surface area contributed by atoms with Crippen molar-refractivity contribution in [2.24, 2.45) is 11.7 Å². The van der Waals surface area contributed by atoms with Gasteiger partial charge >= 0.3 is 0 Å². The molecule has 1 heterocycles. The van der Waals surface area contributed by atoms with Crippen molar-refractivity contribution in [3.05, 3.63) is 11.7 Å². The molecule has 0 aliphatic heterocycles. The van der Waals surface area contributed by atoms with Crippen LogP contribution < -0.4 is 5.73 Å². The Hall–Kier alpha value is -0.940. The number of nitrogens with zero attached hydrogens (tertiary/aromatic N) is 2. The summed E-state index contributed by atoms with van der Waals surface area (Å²) in [5.74, 6) is 2.38. The van der Waals surface area contributed by atoms with Crippen LogP contribution in [0.4, 0.5) is 0 Å². The minimum absolute atomic E-state index is 0.167. The maximum Gasteiger partial charge on any atom is 0.230 e. The van der Waals surface area contributed by atoms with E-state index in [4.69, 9.17) is 15.0 Å². The highest BCUT2D eigenvalue weighted by Gasteiger charge is 2.39. The van der Waals surface area contributed by atoms with Crippen molar-refractivity contribution >= 4 is 0 Å². The van der Waals surface area contributed by atoms with E-state index in [-0.39, 0.29) is 12.1 Å². The van der Waals surface area contributed by atoms with Crippen LogP contribution in [0.25, 0.3) is 0 Å². The summed E-state index contributed by atoms with van der Waals surface area (Å²) < 4.78 is 10.6. The fourth-order valence-electron chi connectivity index (χ4n) is 1.59. The Balaban J connectivity index is 1.91. The molecule has 90 valence electrons. The largest absolute Gasteiger partial charge is 0.377 e. The first-order valence-electron chi connectivity index (χ1n) is 5.78. The van der Waals surface area contributed by atoms with Crippen molar-refractivity contribution in [3.63, 3.8) is 0 Å². The second-order valence-electron chi connectivity index (χ2n) is 4.80. The molecule has 1 aliphatic rings. The third-order valence-electron chi connectivity index (χ3n) is 2.82. The number of hydrogen-bond donors (Lipinski definition) is 1. The van der Waals surface area contributed by atoms with E-state index in [0.717, 1.165) is 12.3 Å². The van der Waals surface area contributed by atoms with Gasteiger partial charge in [-0.1, -0.05) is 12.1 Å². The van der Waals surface area contributed by atoms with Crippen LogP contribution in [0.15, 0.2) is 4.52 Å². The average molecular weight is 225 g/mol. The molecule has 0 amide bonds. The Morgan fingerprint density at radius 3 is 2.81 bits per heavy atom. The number of ether oxygens (including phenoxy) is 1. The van der Waals surface area contributed by atoms with Crippen molar-refractivity contribution < 1.29 is 9.26 Å². The van der Waals surface area contributed by atoms with Crippen molar-refractivity contribution in [1.82, 2.24) is 10.1 Å². The van der Waals surface area contributed by atoms with Gasteiger partial charge in [-0.3, -0.25) is 0 Å². The van der Waals surface area contributed by atoms with Crippen molar-refractivity contribution in [3.8, 4) is 0 Å². The molecule has 1 aromatic rings. The zero-order valence-corrected chi connectivity index (χ0v) is 10.0. The third kappa shape index (κ3) is 2.59. The SMILES string of the molecule is CC(C)OCC(N)c1noc(C2CC2C)n1. The van der Waals surface area contributed by atoms with Crippen LogP contribution in [-0.4, -0.2) is 22.9 Å². The van der Waals surface area contributed by atoms with Gasteiger partial charge in [0.05, 0.1) is 18.8 Å². The zero-order valence-electron chi connectivity index (χ0n) is 10.0. The molecule has 0 bridgehead atoms. The molecule has 0 radical (unpaired) electrons. The second kappa shape index (κ2) is 4.51. The van der Waals surface area contributed by atoms with Crippen LogP contribution in [0.2, 0.25) is 0 Å². The molecule has 1 fully saturated rings. The predicted molar refractivity (Wildman–Crippen MR) is 58.8 cm³/mol. The lowest BCUT2D eigenvalue weighted by atomic mass is 10.3. The summed E-state index contributed by atoms with van der Waals surface area (Å²) >= 11 is 0. The van der Waals surface area contributed by atoms with E-state index in [1.807, 2.05) is 13.8 Å². The molecule has 0 spiro atoms. The Labute approximate surface area is 95.3 Å². The molecule has 0 aromatic carbocycles. The first-order chi connectivity index (χ1) is 7.58. The molecule has 0 saturated heterocycles. The van der Waals surface area contributed by atoms with Crippen LogP contribution in [-0.2, 0) is 4.74 Å².